The molecule has 1 N–H and O–H groups in total. The van der Waals surface area contributed by atoms with E-state index < -0.39 is 5.91 Å². The van der Waals surface area contributed by atoms with E-state index in [2.05, 4.69) is 15.9 Å². The summed E-state index contributed by atoms with van der Waals surface area (Å²) in [6.07, 6.45) is 1.48. The summed E-state index contributed by atoms with van der Waals surface area (Å²) < 4.78 is 11.4. The summed E-state index contributed by atoms with van der Waals surface area (Å²) in [4.78, 5) is 26.2. The highest BCUT2D eigenvalue weighted by molar-refractivity contribution is 9.10. The third-order valence-electron chi connectivity index (χ3n) is 4.05. The Labute approximate surface area is 175 Å². The fourth-order valence-electron chi connectivity index (χ4n) is 2.58. The predicted molar refractivity (Wildman–Crippen MR) is 112 cm³/mol. The van der Waals surface area contributed by atoms with Crippen molar-refractivity contribution < 1.29 is 24.2 Å². The standard InChI is InChI=1S/C20H18BrNO5S/c1-12-3-5-15(6-4-12)27-8-7-22-19(24)17(28-20(22)25)10-13-9-14(21)11-16(26-2)18(13)23/h3-6,9-11,23H,7-8H2,1-2H3/b17-10-. The molecule has 0 unspecified atom stereocenters. The number of phenolic OH excluding ortho intramolecular Hbond substituents is 1. The van der Waals surface area contributed by atoms with Gasteiger partial charge in [0.1, 0.15) is 12.4 Å². The van der Waals surface area contributed by atoms with Crippen molar-refractivity contribution in [1.82, 2.24) is 4.90 Å². The number of aryl methyl sites for hydroxylation is 1. The molecule has 2 amide bonds. The summed E-state index contributed by atoms with van der Waals surface area (Å²) in [5.41, 5.74) is 1.50. The van der Waals surface area contributed by atoms with Crippen molar-refractivity contribution in [1.29, 1.82) is 0 Å². The quantitative estimate of drug-likeness (QED) is 0.631. The Balaban J connectivity index is 1.70. The molecule has 0 spiro atoms. The molecule has 0 saturated carbocycles. The number of carbonyl (C=O) groups excluding carboxylic acids is 2. The first kappa shape index (κ1) is 20.3. The van der Waals surface area contributed by atoms with E-state index in [9.17, 15) is 14.7 Å². The molecule has 28 heavy (non-hydrogen) atoms. The van der Waals surface area contributed by atoms with Crippen molar-refractivity contribution in [3.63, 3.8) is 0 Å². The number of methoxy groups -OCH3 is 1. The number of carbonyl (C=O) groups is 2. The molecule has 0 aromatic heterocycles. The molecule has 8 heteroatoms. The molecule has 2 aromatic rings. The Kier molecular flexibility index (Phi) is 6.31. The molecule has 1 fully saturated rings. The molecule has 0 aliphatic carbocycles. The molecule has 3 rings (SSSR count). The van der Waals surface area contributed by atoms with Crippen LogP contribution >= 0.6 is 27.7 Å². The maximum Gasteiger partial charge on any atom is 0.293 e. The molecule has 1 aliphatic heterocycles. The van der Waals surface area contributed by atoms with Crippen molar-refractivity contribution >= 4 is 44.9 Å². The third kappa shape index (κ3) is 4.51. The smallest absolute Gasteiger partial charge is 0.293 e. The van der Waals surface area contributed by atoms with E-state index in [0.29, 0.717) is 15.8 Å². The van der Waals surface area contributed by atoms with Crippen LogP contribution in [0.3, 0.4) is 0 Å². The molecule has 0 atom stereocenters. The Bertz CT molecular complexity index is 942. The van der Waals surface area contributed by atoms with Gasteiger partial charge in [0.05, 0.1) is 18.6 Å². The molecular weight excluding hydrogens is 446 g/mol. The number of imide groups is 1. The number of hydrogen-bond donors (Lipinski definition) is 1. The minimum Gasteiger partial charge on any atom is -0.504 e. The zero-order valence-electron chi connectivity index (χ0n) is 15.3. The van der Waals surface area contributed by atoms with Crippen LogP contribution in [-0.2, 0) is 4.79 Å². The fraction of sp³-hybridized carbons (Fsp3) is 0.200. The number of rotatable bonds is 6. The van der Waals surface area contributed by atoms with Gasteiger partial charge in [0.2, 0.25) is 0 Å². The molecule has 1 aliphatic rings. The van der Waals surface area contributed by atoms with E-state index in [1.54, 1.807) is 12.1 Å². The molecule has 1 saturated heterocycles. The van der Waals surface area contributed by atoms with Gasteiger partial charge in [-0.05, 0) is 49.0 Å². The van der Waals surface area contributed by atoms with Gasteiger partial charge in [0.15, 0.2) is 11.5 Å². The van der Waals surface area contributed by atoms with Crippen molar-refractivity contribution in [2.24, 2.45) is 0 Å². The van der Waals surface area contributed by atoms with E-state index >= 15 is 0 Å². The minimum absolute atomic E-state index is 0.0970. The first-order valence-electron chi connectivity index (χ1n) is 8.40. The van der Waals surface area contributed by atoms with E-state index in [1.165, 1.54) is 13.2 Å². The van der Waals surface area contributed by atoms with Gasteiger partial charge < -0.3 is 14.6 Å². The van der Waals surface area contributed by atoms with Crippen LogP contribution in [0.5, 0.6) is 17.2 Å². The fourth-order valence-corrected chi connectivity index (χ4v) is 3.89. The summed E-state index contributed by atoms with van der Waals surface area (Å²) in [6.45, 7) is 2.32. The number of amides is 2. The number of benzene rings is 2. The lowest BCUT2D eigenvalue weighted by Gasteiger charge is -2.13. The number of halogens is 1. The minimum atomic E-state index is -0.416. The summed E-state index contributed by atoms with van der Waals surface area (Å²) in [6, 6.07) is 10.8. The van der Waals surface area contributed by atoms with Crippen molar-refractivity contribution in [2.45, 2.75) is 6.92 Å². The van der Waals surface area contributed by atoms with Crippen LogP contribution in [0.15, 0.2) is 45.8 Å². The van der Waals surface area contributed by atoms with Crippen LogP contribution < -0.4 is 9.47 Å². The highest BCUT2D eigenvalue weighted by atomic mass is 79.9. The van der Waals surface area contributed by atoms with Gasteiger partial charge in [-0.3, -0.25) is 14.5 Å². The van der Waals surface area contributed by atoms with Gasteiger partial charge in [-0.15, -0.1) is 0 Å². The normalized spacial score (nSPS) is 15.4. The second kappa shape index (κ2) is 8.70. The highest BCUT2D eigenvalue weighted by Crippen LogP contribution is 2.38. The molecule has 2 aromatic carbocycles. The first-order valence-corrected chi connectivity index (χ1v) is 10.0. The molecule has 146 valence electrons. The lowest BCUT2D eigenvalue weighted by Crippen LogP contribution is -2.32. The van der Waals surface area contributed by atoms with Gasteiger partial charge in [0, 0.05) is 10.0 Å². The largest absolute Gasteiger partial charge is 0.504 e. The summed E-state index contributed by atoms with van der Waals surface area (Å²) in [5, 5.41) is 9.88. The number of ether oxygens (including phenoxy) is 2. The van der Waals surface area contributed by atoms with E-state index in [0.717, 1.165) is 22.2 Å². The zero-order valence-corrected chi connectivity index (χ0v) is 17.7. The van der Waals surface area contributed by atoms with Crippen LogP contribution in [0.1, 0.15) is 11.1 Å². The van der Waals surface area contributed by atoms with E-state index in [1.807, 2.05) is 31.2 Å². The van der Waals surface area contributed by atoms with Crippen LogP contribution in [-0.4, -0.2) is 41.4 Å². The molecule has 0 radical (unpaired) electrons. The second-order valence-electron chi connectivity index (χ2n) is 6.04. The number of hydrogen-bond acceptors (Lipinski definition) is 6. The lowest BCUT2D eigenvalue weighted by molar-refractivity contribution is -0.123. The number of aromatic hydroxyl groups is 1. The maximum atomic E-state index is 12.6. The molecule has 0 bridgehead atoms. The monoisotopic (exact) mass is 463 g/mol. The lowest BCUT2D eigenvalue weighted by atomic mass is 10.1. The predicted octanol–water partition coefficient (Wildman–Crippen LogP) is 4.59. The van der Waals surface area contributed by atoms with E-state index in [-0.39, 0.29) is 34.8 Å². The first-order chi connectivity index (χ1) is 13.4. The van der Waals surface area contributed by atoms with Crippen LogP contribution in [0.2, 0.25) is 0 Å². The molecular formula is C20H18BrNO5S. The van der Waals surface area contributed by atoms with Gasteiger partial charge >= 0.3 is 0 Å². The molecule has 6 nitrogen and oxygen atoms in total. The Morgan fingerprint density at radius 1 is 1.21 bits per heavy atom. The van der Waals surface area contributed by atoms with Crippen molar-refractivity contribution in [2.75, 3.05) is 20.3 Å². The van der Waals surface area contributed by atoms with Gasteiger partial charge in [-0.1, -0.05) is 33.6 Å². The van der Waals surface area contributed by atoms with Gasteiger partial charge in [0.25, 0.3) is 11.1 Å². The zero-order chi connectivity index (χ0) is 20.3. The summed E-state index contributed by atoms with van der Waals surface area (Å²) in [5.74, 6) is 0.437. The van der Waals surface area contributed by atoms with E-state index in [4.69, 9.17) is 9.47 Å². The highest BCUT2D eigenvalue weighted by Gasteiger charge is 2.35. The summed E-state index contributed by atoms with van der Waals surface area (Å²) in [7, 11) is 1.44. The molecule has 1 heterocycles. The van der Waals surface area contributed by atoms with Crippen LogP contribution in [0, 0.1) is 6.92 Å². The second-order valence-corrected chi connectivity index (χ2v) is 7.95. The van der Waals surface area contributed by atoms with Crippen molar-refractivity contribution in [3.05, 3.63) is 56.9 Å². The maximum absolute atomic E-state index is 12.6. The topological polar surface area (TPSA) is 76.1 Å². The number of nitrogens with zero attached hydrogens (tertiary/aromatic N) is 1. The number of thioether (sulfide) groups is 1. The van der Waals surface area contributed by atoms with Gasteiger partial charge in [-0.25, -0.2) is 0 Å². The average molecular weight is 464 g/mol. The van der Waals surface area contributed by atoms with Crippen molar-refractivity contribution in [3.8, 4) is 17.2 Å². The Morgan fingerprint density at radius 3 is 2.61 bits per heavy atom. The van der Waals surface area contributed by atoms with Crippen LogP contribution in [0.4, 0.5) is 4.79 Å². The SMILES string of the molecule is COc1cc(Br)cc(/C=C2\SC(=O)N(CCOc3ccc(C)cc3)C2=O)c1O. The Morgan fingerprint density at radius 2 is 1.93 bits per heavy atom. The third-order valence-corrected chi connectivity index (χ3v) is 5.42. The average Bonchev–Trinajstić information content (AvgIpc) is 2.93. The summed E-state index contributed by atoms with van der Waals surface area (Å²) >= 11 is 4.16. The Hall–Kier alpha value is -2.45. The van der Waals surface area contributed by atoms with Crippen LogP contribution in [0.25, 0.3) is 6.08 Å². The van der Waals surface area contributed by atoms with Gasteiger partial charge in [-0.2, -0.15) is 0 Å². The number of phenols is 1.